The third-order valence-electron chi connectivity index (χ3n) is 2.43. The standard InChI is InChI=1S/C12H15N5O/c1-8-7-14-12(17-13)16-11(8)15-9-4-3-5-10(6-9)18-2/h3-7H,13H2,1-2H3,(H2,14,15,16,17). The fourth-order valence-electron chi connectivity index (χ4n) is 1.48. The molecule has 0 radical (unpaired) electrons. The molecule has 0 spiro atoms. The molecule has 94 valence electrons. The number of aromatic nitrogens is 2. The van der Waals surface area contributed by atoms with E-state index < -0.39 is 0 Å². The van der Waals surface area contributed by atoms with Crippen LogP contribution in [-0.2, 0) is 0 Å². The van der Waals surface area contributed by atoms with Crippen molar-refractivity contribution in [3.8, 4) is 5.75 Å². The summed E-state index contributed by atoms with van der Waals surface area (Å²) in [7, 11) is 1.63. The topological polar surface area (TPSA) is 85.1 Å². The number of benzene rings is 1. The Labute approximate surface area is 105 Å². The number of hydrogen-bond acceptors (Lipinski definition) is 6. The van der Waals surface area contributed by atoms with Gasteiger partial charge in [0.25, 0.3) is 0 Å². The number of rotatable bonds is 4. The van der Waals surface area contributed by atoms with Crippen LogP contribution in [0.3, 0.4) is 0 Å². The van der Waals surface area contributed by atoms with Gasteiger partial charge in [-0.25, -0.2) is 10.8 Å². The molecule has 0 atom stereocenters. The molecule has 0 aliphatic carbocycles. The van der Waals surface area contributed by atoms with Crippen LogP contribution < -0.4 is 21.3 Å². The highest BCUT2D eigenvalue weighted by Crippen LogP contribution is 2.22. The summed E-state index contributed by atoms with van der Waals surface area (Å²) in [6, 6.07) is 7.60. The number of aryl methyl sites for hydroxylation is 1. The van der Waals surface area contributed by atoms with Gasteiger partial charge in [0, 0.05) is 23.5 Å². The second-order valence-electron chi connectivity index (χ2n) is 3.73. The first-order chi connectivity index (χ1) is 8.72. The maximum Gasteiger partial charge on any atom is 0.239 e. The lowest BCUT2D eigenvalue weighted by Gasteiger charge is -2.10. The van der Waals surface area contributed by atoms with Crippen molar-refractivity contribution in [2.45, 2.75) is 6.92 Å². The van der Waals surface area contributed by atoms with E-state index in [2.05, 4.69) is 20.7 Å². The first kappa shape index (κ1) is 12.1. The Hall–Kier alpha value is -2.34. The normalized spacial score (nSPS) is 9.94. The number of nitrogens with two attached hydrogens (primary N) is 1. The Morgan fingerprint density at radius 1 is 1.33 bits per heavy atom. The minimum atomic E-state index is 0.367. The predicted molar refractivity (Wildman–Crippen MR) is 70.9 cm³/mol. The maximum absolute atomic E-state index is 5.29. The molecule has 4 N–H and O–H groups in total. The number of anilines is 3. The van der Waals surface area contributed by atoms with Gasteiger partial charge in [-0.05, 0) is 19.1 Å². The average molecular weight is 245 g/mol. The van der Waals surface area contributed by atoms with Gasteiger partial charge < -0.3 is 10.1 Å². The number of nitrogens with zero attached hydrogens (tertiary/aromatic N) is 2. The van der Waals surface area contributed by atoms with E-state index in [0.717, 1.165) is 17.0 Å². The SMILES string of the molecule is COc1cccc(Nc2nc(NN)ncc2C)c1. The van der Waals surface area contributed by atoms with Crippen LogP contribution in [0.1, 0.15) is 5.56 Å². The van der Waals surface area contributed by atoms with Crippen molar-refractivity contribution in [3.05, 3.63) is 36.0 Å². The number of ether oxygens (including phenoxy) is 1. The van der Waals surface area contributed by atoms with E-state index in [1.807, 2.05) is 31.2 Å². The molecule has 0 fully saturated rings. The minimum absolute atomic E-state index is 0.367. The summed E-state index contributed by atoms with van der Waals surface area (Å²) in [5.74, 6) is 7.13. The van der Waals surface area contributed by atoms with Crippen LogP contribution >= 0.6 is 0 Å². The third kappa shape index (κ3) is 2.67. The van der Waals surface area contributed by atoms with Gasteiger partial charge in [-0.1, -0.05) is 6.07 Å². The minimum Gasteiger partial charge on any atom is -0.497 e. The van der Waals surface area contributed by atoms with Crippen molar-refractivity contribution < 1.29 is 4.74 Å². The third-order valence-corrected chi connectivity index (χ3v) is 2.43. The molecular formula is C12H15N5O. The first-order valence-corrected chi connectivity index (χ1v) is 5.44. The van der Waals surface area contributed by atoms with E-state index >= 15 is 0 Å². The number of nitrogens with one attached hydrogen (secondary N) is 2. The van der Waals surface area contributed by atoms with Crippen LogP contribution in [0.4, 0.5) is 17.5 Å². The lowest BCUT2D eigenvalue weighted by molar-refractivity contribution is 0.415. The highest BCUT2D eigenvalue weighted by Gasteiger charge is 2.04. The lowest BCUT2D eigenvalue weighted by atomic mass is 10.3. The molecule has 18 heavy (non-hydrogen) atoms. The Morgan fingerprint density at radius 2 is 2.17 bits per heavy atom. The van der Waals surface area contributed by atoms with E-state index in [9.17, 15) is 0 Å². The van der Waals surface area contributed by atoms with Gasteiger partial charge in [0.05, 0.1) is 7.11 Å². The number of methoxy groups -OCH3 is 1. The number of nitrogen functional groups attached to an aromatic ring is 1. The highest BCUT2D eigenvalue weighted by molar-refractivity contribution is 5.61. The Morgan fingerprint density at radius 3 is 2.89 bits per heavy atom. The molecule has 2 rings (SSSR count). The average Bonchev–Trinajstić information content (AvgIpc) is 2.41. The summed E-state index contributed by atoms with van der Waals surface area (Å²) in [4.78, 5) is 8.26. The summed E-state index contributed by atoms with van der Waals surface area (Å²) in [6.45, 7) is 1.92. The quantitative estimate of drug-likeness (QED) is 0.563. The molecule has 0 amide bonds. The number of hydrazine groups is 1. The van der Waals surface area contributed by atoms with Gasteiger partial charge in [0.15, 0.2) is 0 Å². The van der Waals surface area contributed by atoms with Crippen molar-refractivity contribution in [2.75, 3.05) is 17.9 Å². The Kier molecular flexibility index (Phi) is 3.59. The van der Waals surface area contributed by atoms with Crippen molar-refractivity contribution in [2.24, 2.45) is 5.84 Å². The zero-order chi connectivity index (χ0) is 13.0. The van der Waals surface area contributed by atoms with Crippen LogP contribution in [0.2, 0.25) is 0 Å². The maximum atomic E-state index is 5.29. The summed E-state index contributed by atoms with van der Waals surface area (Å²) in [6.07, 6.45) is 1.70. The molecule has 6 heteroatoms. The molecule has 0 saturated carbocycles. The van der Waals surface area contributed by atoms with E-state index in [-0.39, 0.29) is 0 Å². The number of hydrogen-bond donors (Lipinski definition) is 3. The molecule has 6 nitrogen and oxygen atoms in total. The smallest absolute Gasteiger partial charge is 0.239 e. The monoisotopic (exact) mass is 245 g/mol. The molecule has 0 aliphatic rings. The molecule has 0 saturated heterocycles. The molecule has 1 aromatic heterocycles. The zero-order valence-corrected chi connectivity index (χ0v) is 10.3. The summed E-state index contributed by atoms with van der Waals surface area (Å²) < 4.78 is 5.16. The van der Waals surface area contributed by atoms with Gasteiger partial charge in [-0.15, -0.1) is 0 Å². The van der Waals surface area contributed by atoms with Gasteiger partial charge in [0.1, 0.15) is 11.6 Å². The fourth-order valence-corrected chi connectivity index (χ4v) is 1.48. The second-order valence-corrected chi connectivity index (χ2v) is 3.73. The molecule has 0 aliphatic heterocycles. The predicted octanol–water partition coefficient (Wildman–Crippen LogP) is 1.82. The summed E-state index contributed by atoms with van der Waals surface area (Å²) >= 11 is 0. The lowest BCUT2D eigenvalue weighted by Crippen LogP contribution is -2.11. The fraction of sp³-hybridized carbons (Fsp3) is 0.167. The highest BCUT2D eigenvalue weighted by atomic mass is 16.5. The van der Waals surface area contributed by atoms with Crippen molar-refractivity contribution >= 4 is 17.5 Å². The zero-order valence-electron chi connectivity index (χ0n) is 10.3. The molecular weight excluding hydrogens is 230 g/mol. The second kappa shape index (κ2) is 5.33. The molecule has 1 heterocycles. The van der Waals surface area contributed by atoms with Gasteiger partial charge in [-0.3, -0.25) is 5.43 Å². The van der Waals surface area contributed by atoms with Gasteiger partial charge >= 0.3 is 0 Å². The molecule has 0 bridgehead atoms. The van der Waals surface area contributed by atoms with Gasteiger partial charge in [-0.2, -0.15) is 4.98 Å². The Balaban J connectivity index is 2.27. The van der Waals surface area contributed by atoms with E-state index in [1.165, 1.54) is 0 Å². The van der Waals surface area contributed by atoms with Crippen molar-refractivity contribution in [1.82, 2.24) is 9.97 Å². The van der Waals surface area contributed by atoms with Crippen molar-refractivity contribution in [3.63, 3.8) is 0 Å². The van der Waals surface area contributed by atoms with E-state index in [0.29, 0.717) is 11.8 Å². The summed E-state index contributed by atoms with van der Waals surface area (Å²) in [5.41, 5.74) is 4.23. The van der Waals surface area contributed by atoms with Crippen LogP contribution in [0, 0.1) is 6.92 Å². The van der Waals surface area contributed by atoms with E-state index in [1.54, 1.807) is 13.3 Å². The van der Waals surface area contributed by atoms with Crippen LogP contribution in [0.15, 0.2) is 30.5 Å². The van der Waals surface area contributed by atoms with Crippen LogP contribution in [-0.4, -0.2) is 17.1 Å². The van der Waals surface area contributed by atoms with Crippen LogP contribution in [0.25, 0.3) is 0 Å². The molecule has 2 aromatic rings. The van der Waals surface area contributed by atoms with Crippen LogP contribution in [0.5, 0.6) is 5.75 Å². The summed E-state index contributed by atoms with van der Waals surface area (Å²) in [5, 5.41) is 3.19. The largest absolute Gasteiger partial charge is 0.497 e. The van der Waals surface area contributed by atoms with E-state index in [4.69, 9.17) is 10.6 Å². The first-order valence-electron chi connectivity index (χ1n) is 5.44. The van der Waals surface area contributed by atoms with Crippen molar-refractivity contribution in [1.29, 1.82) is 0 Å². The molecule has 1 aromatic carbocycles. The van der Waals surface area contributed by atoms with Gasteiger partial charge in [0.2, 0.25) is 5.95 Å². The Bertz CT molecular complexity index is 544. The molecule has 0 unspecified atom stereocenters.